The second kappa shape index (κ2) is 10.1. The highest BCUT2D eigenvalue weighted by Crippen LogP contribution is 2.37. The fourth-order valence-electron chi connectivity index (χ4n) is 6.79. The Bertz CT molecular complexity index is 723. The van der Waals surface area contributed by atoms with Gasteiger partial charge in [-0.3, -0.25) is 10.9 Å². The van der Waals surface area contributed by atoms with Crippen molar-refractivity contribution in [1.29, 1.82) is 0 Å². The summed E-state index contributed by atoms with van der Waals surface area (Å²) >= 11 is 0. The molecule has 0 spiro atoms. The maximum Gasteiger partial charge on any atom is 0.217 e. The Morgan fingerprint density at radius 2 is 1.91 bits per heavy atom. The van der Waals surface area contributed by atoms with Crippen molar-refractivity contribution in [2.24, 2.45) is 11.8 Å². The fourth-order valence-corrected chi connectivity index (χ4v) is 8.31. The summed E-state index contributed by atoms with van der Waals surface area (Å²) in [6.45, 7) is 7.26. The molecule has 0 aromatic carbocycles. The number of nitrogens with zero attached hydrogens (tertiary/aromatic N) is 2. The lowest BCUT2D eigenvalue weighted by Gasteiger charge is -2.45. The van der Waals surface area contributed by atoms with Gasteiger partial charge in [0.15, 0.2) is 0 Å². The van der Waals surface area contributed by atoms with Gasteiger partial charge in [0.05, 0.1) is 11.8 Å². The highest BCUT2D eigenvalue weighted by atomic mass is 32.2. The first kappa shape index (κ1) is 24.8. The Hall–Kier alpha value is -0.330. The molecule has 0 aromatic rings. The molecule has 0 radical (unpaired) electrons. The van der Waals surface area contributed by atoms with E-state index >= 15 is 0 Å². The molecule has 0 bridgehead atoms. The molecule has 0 aromatic heterocycles. The van der Waals surface area contributed by atoms with E-state index in [1.54, 1.807) is 0 Å². The van der Waals surface area contributed by atoms with E-state index in [1.165, 1.54) is 6.42 Å². The average molecular weight is 473 g/mol. The van der Waals surface area contributed by atoms with Gasteiger partial charge < -0.3 is 10.1 Å². The van der Waals surface area contributed by atoms with Gasteiger partial charge in [0.25, 0.3) is 0 Å². The average Bonchev–Trinajstić information content (AvgIpc) is 3.44. The molecule has 6 atom stereocenters. The first-order valence-corrected chi connectivity index (χ1v) is 14.1. The Balaban J connectivity index is 1.37. The topological polar surface area (TPSA) is 98.0 Å². The van der Waals surface area contributed by atoms with Gasteiger partial charge in [0.1, 0.15) is 5.25 Å². The third-order valence-corrected chi connectivity index (χ3v) is 10.6. The van der Waals surface area contributed by atoms with Crippen LogP contribution in [0.1, 0.15) is 58.8 Å². The summed E-state index contributed by atoms with van der Waals surface area (Å²) in [4.78, 5) is 0. The van der Waals surface area contributed by atoms with E-state index in [9.17, 15) is 8.42 Å². The number of hydrogen-bond donors (Lipinski definition) is 4. The summed E-state index contributed by atoms with van der Waals surface area (Å²) in [5.41, 5.74) is 6.68. The second-order valence-corrected chi connectivity index (χ2v) is 12.2. The van der Waals surface area contributed by atoms with Gasteiger partial charge in [-0.05, 0) is 56.9 Å². The summed E-state index contributed by atoms with van der Waals surface area (Å²) in [5.74, 6) is 0.995. The Morgan fingerprint density at radius 3 is 2.62 bits per heavy atom. The van der Waals surface area contributed by atoms with Gasteiger partial charge in [-0.2, -0.15) is 0 Å². The molecule has 1 aliphatic carbocycles. The van der Waals surface area contributed by atoms with Crippen molar-refractivity contribution in [2.75, 3.05) is 40.3 Å². The number of ether oxygens (including phenoxy) is 1. The van der Waals surface area contributed by atoms with Crippen LogP contribution >= 0.6 is 0 Å². The van der Waals surface area contributed by atoms with Crippen LogP contribution in [0.4, 0.5) is 0 Å². The standard InChI is InChI=1S/C22H44N6O3S/c1-5-22(6-2,31-4)17-10-11-23-20(12-17)28-15-18(14-25-28)32(29,30)26-19-9-7-8-16-13-24-27(3)21(16)19/h16-21,23-26H,5-15H2,1-4H3. The number of likely N-dealkylation sites (N-methyl/N-ethyl adjacent to an activating group) is 1. The van der Waals surface area contributed by atoms with E-state index in [0.717, 1.165) is 51.6 Å². The zero-order valence-corrected chi connectivity index (χ0v) is 21.1. The molecule has 4 rings (SSSR count). The molecule has 6 unspecified atom stereocenters. The predicted octanol–water partition coefficient (Wildman–Crippen LogP) is 0.613. The zero-order valence-electron chi connectivity index (χ0n) is 20.3. The largest absolute Gasteiger partial charge is 0.378 e. The molecule has 10 heteroatoms. The van der Waals surface area contributed by atoms with E-state index < -0.39 is 15.3 Å². The highest BCUT2D eigenvalue weighted by molar-refractivity contribution is 7.90. The van der Waals surface area contributed by atoms with Crippen LogP contribution in [0.25, 0.3) is 0 Å². The third-order valence-electron chi connectivity index (χ3n) is 8.82. The van der Waals surface area contributed by atoms with Crippen molar-refractivity contribution in [2.45, 2.75) is 87.9 Å². The van der Waals surface area contributed by atoms with Gasteiger partial charge >= 0.3 is 0 Å². The first-order valence-electron chi connectivity index (χ1n) is 12.6. The number of fused-ring (bicyclic) bond motifs is 1. The van der Waals surface area contributed by atoms with E-state index in [-0.39, 0.29) is 23.9 Å². The molecule has 4 N–H and O–H groups in total. The van der Waals surface area contributed by atoms with Crippen molar-refractivity contribution in [3.05, 3.63) is 0 Å². The smallest absolute Gasteiger partial charge is 0.217 e. The lowest BCUT2D eigenvalue weighted by molar-refractivity contribution is -0.0873. The second-order valence-electron chi connectivity index (χ2n) is 10.2. The zero-order chi connectivity index (χ0) is 22.9. The lowest BCUT2D eigenvalue weighted by atomic mass is 9.76. The van der Waals surface area contributed by atoms with Crippen molar-refractivity contribution in [3.8, 4) is 0 Å². The van der Waals surface area contributed by atoms with Crippen molar-refractivity contribution >= 4 is 10.0 Å². The highest BCUT2D eigenvalue weighted by Gasteiger charge is 2.45. The van der Waals surface area contributed by atoms with Crippen molar-refractivity contribution < 1.29 is 13.2 Å². The minimum absolute atomic E-state index is 0.0126. The number of methoxy groups -OCH3 is 1. The minimum atomic E-state index is -3.41. The maximum absolute atomic E-state index is 13.3. The number of rotatable bonds is 8. The molecule has 3 saturated heterocycles. The van der Waals surface area contributed by atoms with E-state index in [4.69, 9.17) is 4.74 Å². The van der Waals surface area contributed by atoms with E-state index in [1.807, 2.05) is 14.2 Å². The summed E-state index contributed by atoms with van der Waals surface area (Å²) in [6.07, 6.45) is 7.35. The number of hydrazine groups is 2. The molecule has 1 saturated carbocycles. The van der Waals surface area contributed by atoms with Gasteiger partial charge in [0.2, 0.25) is 10.0 Å². The summed E-state index contributed by atoms with van der Waals surface area (Å²) in [6, 6.07) is 0.233. The van der Waals surface area contributed by atoms with Crippen LogP contribution in [0.5, 0.6) is 0 Å². The monoisotopic (exact) mass is 472 g/mol. The molecule has 4 fully saturated rings. The quantitative estimate of drug-likeness (QED) is 0.408. The number of piperidine rings is 1. The molecular formula is C22H44N6O3S. The van der Waals surface area contributed by atoms with E-state index in [0.29, 0.717) is 24.9 Å². The number of hydrogen-bond acceptors (Lipinski definition) is 8. The van der Waals surface area contributed by atoms with Crippen LogP contribution in [0.15, 0.2) is 0 Å². The van der Waals surface area contributed by atoms with Crippen molar-refractivity contribution in [1.82, 2.24) is 30.9 Å². The van der Waals surface area contributed by atoms with E-state index in [2.05, 4.69) is 44.8 Å². The maximum atomic E-state index is 13.3. The molecule has 4 aliphatic rings. The summed E-state index contributed by atoms with van der Waals surface area (Å²) in [5, 5.41) is 7.40. The SMILES string of the molecule is CCC(CC)(OC)C1CCNC(N2CC(S(=O)(=O)NC3CCCC4CNN(C)C43)CN2)C1. The number of nitrogens with one attached hydrogen (secondary N) is 4. The third kappa shape index (κ3) is 4.75. The molecule has 3 heterocycles. The van der Waals surface area contributed by atoms with Crippen LogP contribution in [0, 0.1) is 11.8 Å². The fraction of sp³-hybridized carbons (Fsp3) is 1.00. The normalized spacial score (nSPS) is 37.6. The predicted molar refractivity (Wildman–Crippen MR) is 126 cm³/mol. The lowest BCUT2D eigenvalue weighted by Crippen LogP contribution is -2.57. The molecule has 3 aliphatic heterocycles. The van der Waals surface area contributed by atoms with Crippen LogP contribution in [-0.2, 0) is 14.8 Å². The Kier molecular flexibility index (Phi) is 7.83. The Labute approximate surface area is 194 Å². The Morgan fingerprint density at radius 1 is 1.12 bits per heavy atom. The molecule has 0 amide bonds. The van der Waals surface area contributed by atoms with Crippen LogP contribution in [0.2, 0.25) is 0 Å². The van der Waals surface area contributed by atoms with Gasteiger partial charge in [-0.25, -0.2) is 23.2 Å². The summed E-state index contributed by atoms with van der Waals surface area (Å²) in [7, 11) is 0.458. The molecule has 9 nitrogen and oxygen atoms in total. The van der Waals surface area contributed by atoms with Gasteiger partial charge in [-0.15, -0.1) is 0 Å². The first-order chi connectivity index (χ1) is 15.3. The summed E-state index contributed by atoms with van der Waals surface area (Å²) < 4.78 is 35.8. The van der Waals surface area contributed by atoms with Gasteiger partial charge in [-0.1, -0.05) is 20.3 Å². The van der Waals surface area contributed by atoms with Crippen molar-refractivity contribution in [3.63, 3.8) is 0 Å². The van der Waals surface area contributed by atoms with Crippen LogP contribution in [0.3, 0.4) is 0 Å². The number of sulfonamides is 1. The molecule has 186 valence electrons. The molecular weight excluding hydrogens is 428 g/mol. The van der Waals surface area contributed by atoms with Crippen LogP contribution < -0.4 is 20.9 Å². The minimum Gasteiger partial charge on any atom is -0.378 e. The van der Waals surface area contributed by atoms with Crippen LogP contribution in [-0.4, -0.2) is 87.9 Å². The van der Waals surface area contributed by atoms with Gasteiger partial charge in [0, 0.05) is 45.9 Å². The molecule has 32 heavy (non-hydrogen) atoms.